The van der Waals surface area contributed by atoms with E-state index in [1.54, 1.807) is 0 Å². The van der Waals surface area contributed by atoms with Gasteiger partial charge < -0.3 is 5.32 Å². The molecule has 1 N–H and O–H groups in total. The van der Waals surface area contributed by atoms with Gasteiger partial charge in [-0.2, -0.15) is 0 Å². The fourth-order valence-electron chi connectivity index (χ4n) is 2.42. The van der Waals surface area contributed by atoms with Crippen LogP contribution in [0.2, 0.25) is 0 Å². The lowest BCUT2D eigenvalue weighted by Crippen LogP contribution is -2.25. The van der Waals surface area contributed by atoms with Crippen molar-refractivity contribution in [1.82, 2.24) is 5.32 Å². The van der Waals surface area contributed by atoms with Gasteiger partial charge in [0, 0.05) is 6.04 Å². The quantitative estimate of drug-likeness (QED) is 0.719. The van der Waals surface area contributed by atoms with Crippen molar-refractivity contribution in [3.8, 4) is 0 Å². The summed E-state index contributed by atoms with van der Waals surface area (Å²) >= 11 is 0. The highest BCUT2D eigenvalue weighted by atomic mass is 14.9. The van der Waals surface area contributed by atoms with Gasteiger partial charge in [-0.15, -0.1) is 0 Å². The topological polar surface area (TPSA) is 12.0 Å². The Kier molecular flexibility index (Phi) is 6.26. The van der Waals surface area contributed by atoms with Crippen molar-refractivity contribution < 1.29 is 0 Å². The maximum atomic E-state index is 3.48. The van der Waals surface area contributed by atoms with Crippen molar-refractivity contribution in [3.63, 3.8) is 0 Å². The fraction of sp³-hybridized carbons (Fsp3) is 0.684. The van der Waals surface area contributed by atoms with Gasteiger partial charge in [0.1, 0.15) is 0 Å². The second-order valence-electron chi connectivity index (χ2n) is 7.32. The Labute approximate surface area is 126 Å². The molecule has 1 aromatic rings. The maximum absolute atomic E-state index is 3.48. The number of nitrogens with one attached hydrogen (secondary N) is 1. The van der Waals surface area contributed by atoms with Gasteiger partial charge in [-0.3, -0.25) is 0 Å². The molecule has 0 bridgehead atoms. The largest absolute Gasteiger partial charge is 0.313 e. The average Bonchev–Trinajstić information content (AvgIpc) is 2.42. The Morgan fingerprint density at radius 3 is 1.90 bits per heavy atom. The average molecular weight is 275 g/mol. The molecule has 1 aromatic carbocycles. The summed E-state index contributed by atoms with van der Waals surface area (Å²) in [6.45, 7) is 13.9. The smallest absolute Gasteiger partial charge is 0.0320 e. The van der Waals surface area contributed by atoms with Gasteiger partial charge in [0.05, 0.1) is 0 Å². The molecule has 0 aliphatic heterocycles. The van der Waals surface area contributed by atoms with Crippen LogP contribution in [0, 0.1) is 11.3 Å². The van der Waals surface area contributed by atoms with Crippen LogP contribution < -0.4 is 5.32 Å². The molecule has 0 radical (unpaired) electrons. The van der Waals surface area contributed by atoms with Gasteiger partial charge in [0.25, 0.3) is 0 Å². The second kappa shape index (κ2) is 7.26. The normalized spacial score (nSPS) is 16.8. The molecule has 3 unspecified atom stereocenters. The molecular weight excluding hydrogens is 242 g/mol. The van der Waals surface area contributed by atoms with E-state index >= 15 is 0 Å². The van der Waals surface area contributed by atoms with Crippen molar-refractivity contribution in [2.45, 2.75) is 66.3 Å². The predicted molar refractivity (Wildman–Crippen MR) is 90.2 cm³/mol. The summed E-state index contributed by atoms with van der Waals surface area (Å²) in [6.07, 6.45) is 2.39. The summed E-state index contributed by atoms with van der Waals surface area (Å²) in [7, 11) is 2.07. The highest BCUT2D eigenvalue weighted by molar-refractivity contribution is 5.27. The van der Waals surface area contributed by atoms with Crippen LogP contribution in [-0.2, 0) is 0 Å². The van der Waals surface area contributed by atoms with Crippen LogP contribution in [0.25, 0.3) is 0 Å². The Morgan fingerprint density at radius 1 is 1.00 bits per heavy atom. The molecule has 1 rings (SSSR count). The lowest BCUT2D eigenvalue weighted by molar-refractivity contribution is 0.226. The zero-order valence-electron chi connectivity index (χ0n) is 14.5. The molecule has 0 heterocycles. The molecule has 0 aromatic heterocycles. The minimum Gasteiger partial charge on any atom is -0.313 e. The minimum absolute atomic E-state index is 0.367. The zero-order chi connectivity index (χ0) is 15.3. The van der Waals surface area contributed by atoms with Crippen LogP contribution in [0.1, 0.15) is 77.5 Å². The van der Waals surface area contributed by atoms with Gasteiger partial charge in [0.2, 0.25) is 0 Å². The Bertz CT molecular complexity index is 385. The fourth-order valence-corrected chi connectivity index (χ4v) is 2.42. The first kappa shape index (κ1) is 17.2. The first-order valence-corrected chi connectivity index (χ1v) is 8.06. The van der Waals surface area contributed by atoms with Crippen molar-refractivity contribution in [2.75, 3.05) is 7.05 Å². The van der Waals surface area contributed by atoms with E-state index in [2.05, 4.69) is 78.2 Å². The lowest BCUT2D eigenvalue weighted by atomic mass is 9.77. The molecule has 0 fully saturated rings. The molecule has 3 atom stereocenters. The summed E-state index contributed by atoms with van der Waals surface area (Å²) in [5, 5.41) is 3.48. The van der Waals surface area contributed by atoms with Crippen LogP contribution >= 0.6 is 0 Å². The Hall–Kier alpha value is -0.820. The first-order chi connectivity index (χ1) is 9.29. The maximum Gasteiger partial charge on any atom is 0.0320 e. The van der Waals surface area contributed by atoms with E-state index in [-0.39, 0.29) is 0 Å². The minimum atomic E-state index is 0.367. The van der Waals surface area contributed by atoms with E-state index in [4.69, 9.17) is 0 Å². The van der Waals surface area contributed by atoms with Crippen LogP contribution in [-0.4, -0.2) is 7.05 Å². The molecule has 0 saturated carbocycles. The summed E-state index contributed by atoms with van der Waals surface area (Å²) in [5.41, 5.74) is 3.23. The molecule has 1 nitrogen and oxygen atoms in total. The van der Waals surface area contributed by atoms with Crippen molar-refractivity contribution in [2.24, 2.45) is 11.3 Å². The third kappa shape index (κ3) is 4.63. The predicted octanol–water partition coefficient (Wildman–Crippen LogP) is 5.53. The van der Waals surface area contributed by atoms with E-state index in [9.17, 15) is 0 Å². The van der Waals surface area contributed by atoms with Crippen molar-refractivity contribution >= 4 is 0 Å². The van der Waals surface area contributed by atoms with Gasteiger partial charge in [-0.05, 0) is 48.3 Å². The molecule has 0 spiro atoms. The van der Waals surface area contributed by atoms with Gasteiger partial charge in [0.15, 0.2) is 0 Å². The number of benzene rings is 1. The second-order valence-corrected chi connectivity index (χ2v) is 7.32. The Balaban J connectivity index is 2.80. The van der Waals surface area contributed by atoms with Crippen LogP contribution in [0.3, 0.4) is 0 Å². The SMILES string of the molecule is CCC(C)c1ccc(C(CC(C)C(C)(C)C)NC)cc1. The summed E-state index contributed by atoms with van der Waals surface area (Å²) in [5.74, 6) is 1.35. The molecule has 1 heteroatoms. The third-order valence-electron chi connectivity index (χ3n) is 4.94. The highest BCUT2D eigenvalue weighted by Gasteiger charge is 2.23. The summed E-state index contributed by atoms with van der Waals surface area (Å²) in [6, 6.07) is 9.66. The number of hydrogen-bond donors (Lipinski definition) is 1. The monoisotopic (exact) mass is 275 g/mol. The molecule has 0 aliphatic rings. The van der Waals surface area contributed by atoms with Gasteiger partial charge in [-0.25, -0.2) is 0 Å². The van der Waals surface area contributed by atoms with Gasteiger partial charge in [-0.1, -0.05) is 65.8 Å². The first-order valence-electron chi connectivity index (χ1n) is 8.06. The van der Waals surface area contributed by atoms with E-state index in [1.165, 1.54) is 24.0 Å². The van der Waals surface area contributed by atoms with E-state index in [0.29, 0.717) is 23.3 Å². The van der Waals surface area contributed by atoms with Gasteiger partial charge >= 0.3 is 0 Å². The lowest BCUT2D eigenvalue weighted by Gasteiger charge is -2.31. The molecule has 0 aliphatic carbocycles. The zero-order valence-corrected chi connectivity index (χ0v) is 14.5. The Morgan fingerprint density at radius 2 is 1.50 bits per heavy atom. The standard InChI is InChI=1S/C19H33N/c1-8-14(2)16-9-11-17(12-10-16)18(20-7)13-15(3)19(4,5)6/h9-12,14-15,18,20H,8,13H2,1-7H3. The summed E-state index contributed by atoms with van der Waals surface area (Å²) in [4.78, 5) is 0. The highest BCUT2D eigenvalue weighted by Crippen LogP contribution is 2.33. The molecule has 20 heavy (non-hydrogen) atoms. The molecule has 114 valence electrons. The third-order valence-corrected chi connectivity index (χ3v) is 4.94. The van der Waals surface area contributed by atoms with Crippen LogP contribution in [0.5, 0.6) is 0 Å². The van der Waals surface area contributed by atoms with Crippen LogP contribution in [0.15, 0.2) is 24.3 Å². The molecule has 0 amide bonds. The number of rotatable bonds is 6. The van der Waals surface area contributed by atoms with Crippen molar-refractivity contribution in [3.05, 3.63) is 35.4 Å². The molecular formula is C19H33N. The van der Waals surface area contributed by atoms with E-state index in [0.717, 1.165) is 0 Å². The summed E-state index contributed by atoms with van der Waals surface area (Å²) < 4.78 is 0. The van der Waals surface area contributed by atoms with E-state index < -0.39 is 0 Å². The number of hydrogen-bond acceptors (Lipinski definition) is 1. The van der Waals surface area contributed by atoms with Crippen molar-refractivity contribution in [1.29, 1.82) is 0 Å². The molecule has 0 saturated heterocycles. The van der Waals surface area contributed by atoms with E-state index in [1.807, 2.05) is 0 Å². The van der Waals surface area contributed by atoms with Crippen LogP contribution in [0.4, 0.5) is 0 Å².